The second-order valence-corrected chi connectivity index (χ2v) is 16.0. The molecule has 2 aromatic rings. The highest BCUT2D eigenvalue weighted by Gasteiger charge is 2.43. The molecule has 7 heteroatoms. The van der Waals surface area contributed by atoms with Gasteiger partial charge in [-0.05, 0) is 81.9 Å². The molecule has 274 valence electrons. The summed E-state index contributed by atoms with van der Waals surface area (Å²) in [5.74, 6) is 1.71. The largest absolute Gasteiger partial charge is 1.00 e. The Labute approximate surface area is 313 Å². The lowest BCUT2D eigenvalue weighted by atomic mass is 9.81. The first-order valence-electron chi connectivity index (χ1n) is 19.3. The van der Waals surface area contributed by atoms with E-state index < -0.39 is 0 Å². The van der Waals surface area contributed by atoms with E-state index in [4.69, 9.17) is 0 Å². The summed E-state index contributed by atoms with van der Waals surface area (Å²) in [6.07, 6.45) is 21.3. The molecule has 2 heterocycles. The fourth-order valence-electron chi connectivity index (χ4n) is 8.99. The van der Waals surface area contributed by atoms with Crippen LogP contribution in [0.2, 0.25) is 0 Å². The molecule has 6 rings (SSSR count). The number of hydrogen-bond acceptors (Lipinski definition) is 3. The lowest BCUT2D eigenvalue weighted by Crippen LogP contribution is -3.00. The van der Waals surface area contributed by atoms with E-state index in [-0.39, 0.29) is 41.0 Å². The molecular formula is C44H59ClN4O2. The maximum Gasteiger partial charge on any atom is 0.223 e. The number of benzene rings is 2. The van der Waals surface area contributed by atoms with Crippen LogP contribution < -0.4 is 27.9 Å². The number of nitrogens with zero attached hydrogens (tertiary/aromatic N) is 2. The standard InChI is InChI=1S/C44H58N4O2.ClH/c1-43(2)35-18-10-12-20-37(35)47(5)39(43)22-17-23-40-44(3,4)36-19-11-13-21-38(36)48(40)29-16-8-9-24-41(49)45-27-14-6-7-15-28-46-42(50)34-31-32-25-26-33(34)30-32;/h10-13,17-23,25-26,32-34H,6-9,14-16,24,27-31H2,1-5H3,(H-,45,46,49,50);1H. The first-order chi connectivity index (χ1) is 24.1. The van der Waals surface area contributed by atoms with Crippen molar-refractivity contribution in [2.45, 2.75) is 103 Å². The zero-order valence-electron chi connectivity index (χ0n) is 31.5. The van der Waals surface area contributed by atoms with Crippen LogP contribution in [-0.4, -0.2) is 48.8 Å². The van der Waals surface area contributed by atoms with Gasteiger partial charge in [0, 0.05) is 66.5 Å². The minimum absolute atomic E-state index is 0. The van der Waals surface area contributed by atoms with Gasteiger partial charge >= 0.3 is 0 Å². The number of halogens is 1. The van der Waals surface area contributed by atoms with Crippen LogP contribution >= 0.6 is 0 Å². The van der Waals surface area contributed by atoms with E-state index in [0.29, 0.717) is 18.3 Å². The van der Waals surface area contributed by atoms with Crippen LogP contribution in [0, 0.1) is 17.8 Å². The molecule has 6 nitrogen and oxygen atoms in total. The molecule has 3 unspecified atom stereocenters. The van der Waals surface area contributed by atoms with Crippen molar-refractivity contribution in [3.63, 3.8) is 0 Å². The van der Waals surface area contributed by atoms with Gasteiger partial charge in [0.15, 0.2) is 5.71 Å². The number of rotatable bonds is 16. The second-order valence-electron chi connectivity index (χ2n) is 16.0. The van der Waals surface area contributed by atoms with Gasteiger partial charge in [-0.2, -0.15) is 4.58 Å². The molecular weight excluding hydrogens is 652 g/mol. The number of nitrogens with one attached hydrogen (secondary N) is 2. The topological polar surface area (TPSA) is 64.5 Å². The summed E-state index contributed by atoms with van der Waals surface area (Å²) in [5.41, 5.74) is 7.81. The van der Waals surface area contributed by atoms with Crippen molar-refractivity contribution in [1.29, 1.82) is 0 Å². The number of para-hydroxylation sites is 2. The first-order valence-corrected chi connectivity index (χ1v) is 19.3. The third-order valence-electron chi connectivity index (χ3n) is 11.9. The van der Waals surface area contributed by atoms with Crippen LogP contribution in [0.5, 0.6) is 0 Å². The molecule has 0 radical (unpaired) electrons. The predicted octanol–water partition coefficient (Wildman–Crippen LogP) is 5.50. The van der Waals surface area contributed by atoms with Gasteiger partial charge in [0.1, 0.15) is 7.05 Å². The first kappa shape index (κ1) is 38.6. The summed E-state index contributed by atoms with van der Waals surface area (Å²) in [4.78, 5) is 27.5. The number of anilines is 1. The average molecular weight is 711 g/mol. The summed E-state index contributed by atoms with van der Waals surface area (Å²) in [5, 5.41) is 6.27. The van der Waals surface area contributed by atoms with Gasteiger partial charge in [-0.3, -0.25) is 9.59 Å². The van der Waals surface area contributed by atoms with Gasteiger partial charge in [0.25, 0.3) is 0 Å². The van der Waals surface area contributed by atoms with Crippen LogP contribution in [0.15, 0.2) is 84.6 Å². The Balaban J connectivity index is 0.00000504. The van der Waals surface area contributed by atoms with E-state index in [1.54, 1.807) is 0 Å². The molecule has 2 aliphatic carbocycles. The van der Waals surface area contributed by atoms with Gasteiger partial charge in [-0.25, -0.2) is 0 Å². The van der Waals surface area contributed by atoms with E-state index in [9.17, 15) is 9.59 Å². The molecule has 4 aliphatic rings. The van der Waals surface area contributed by atoms with Crippen molar-refractivity contribution in [2.24, 2.45) is 17.8 Å². The van der Waals surface area contributed by atoms with Crippen LogP contribution in [0.4, 0.5) is 11.4 Å². The zero-order valence-corrected chi connectivity index (χ0v) is 32.3. The monoisotopic (exact) mass is 710 g/mol. The number of fused-ring (bicyclic) bond motifs is 4. The Kier molecular flexibility index (Phi) is 12.7. The molecule has 2 aromatic carbocycles. The molecule has 1 fully saturated rings. The summed E-state index contributed by atoms with van der Waals surface area (Å²) in [7, 11) is 2.17. The van der Waals surface area contributed by atoms with Crippen LogP contribution in [0.1, 0.15) is 103 Å². The Morgan fingerprint density at radius 3 is 2.22 bits per heavy atom. The molecule has 0 aromatic heterocycles. The Bertz CT molecular complexity index is 1690. The normalized spacial score (nSPS) is 22.8. The number of unbranched alkanes of at least 4 members (excludes halogenated alkanes) is 5. The molecule has 1 saturated carbocycles. The van der Waals surface area contributed by atoms with Crippen molar-refractivity contribution in [3.8, 4) is 0 Å². The van der Waals surface area contributed by atoms with E-state index in [1.165, 1.54) is 40.3 Å². The predicted molar refractivity (Wildman–Crippen MR) is 206 cm³/mol. The average Bonchev–Trinajstić information content (AvgIpc) is 3.84. The maximum atomic E-state index is 12.5. The Hall–Kier alpha value is -3.64. The zero-order chi connectivity index (χ0) is 35.3. The van der Waals surface area contributed by atoms with E-state index >= 15 is 0 Å². The molecule has 2 N–H and O–H groups in total. The summed E-state index contributed by atoms with van der Waals surface area (Å²) in [6, 6.07) is 17.5. The highest BCUT2D eigenvalue weighted by Crippen LogP contribution is 2.48. The van der Waals surface area contributed by atoms with Crippen LogP contribution in [0.25, 0.3) is 0 Å². The summed E-state index contributed by atoms with van der Waals surface area (Å²) < 4.78 is 2.33. The van der Waals surface area contributed by atoms with Crippen molar-refractivity contribution >= 4 is 28.9 Å². The van der Waals surface area contributed by atoms with Gasteiger partial charge in [0.05, 0.1) is 5.41 Å². The minimum Gasteiger partial charge on any atom is -1.00 e. The van der Waals surface area contributed by atoms with Gasteiger partial charge in [-0.15, -0.1) is 0 Å². The third-order valence-corrected chi connectivity index (χ3v) is 11.9. The number of carbonyl (C=O) groups excluding carboxylic acids is 2. The van der Waals surface area contributed by atoms with Gasteiger partial charge in [-0.1, -0.05) is 87.7 Å². The van der Waals surface area contributed by atoms with E-state index in [2.05, 4.69) is 134 Å². The van der Waals surface area contributed by atoms with Crippen molar-refractivity contribution < 1.29 is 26.6 Å². The van der Waals surface area contributed by atoms with E-state index in [0.717, 1.165) is 71.0 Å². The highest BCUT2D eigenvalue weighted by atomic mass is 35.5. The smallest absolute Gasteiger partial charge is 0.223 e. The Morgan fingerprint density at radius 2 is 1.51 bits per heavy atom. The molecule has 2 bridgehead atoms. The highest BCUT2D eigenvalue weighted by molar-refractivity contribution is 6.03. The summed E-state index contributed by atoms with van der Waals surface area (Å²) >= 11 is 0. The number of hydrogen-bond donors (Lipinski definition) is 2. The molecule has 2 amide bonds. The second kappa shape index (κ2) is 16.8. The molecule has 0 spiro atoms. The van der Waals surface area contributed by atoms with Crippen molar-refractivity contribution in [1.82, 2.24) is 10.6 Å². The quantitative estimate of drug-likeness (QED) is 0.138. The molecule has 2 aliphatic heterocycles. The maximum absolute atomic E-state index is 12.5. The summed E-state index contributed by atoms with van der Waals surface area (Å²) in [6.45, 7) is 11.7. The lowest BCUT2D eigenvalue weighted by Gasteiger charge is -2.27. The fourth-order valence-corrected chi connectivity index (χ4v) is 8.99. The SMILES string of the molecule is C[N+]1=C(C=CC=C2N(CCCCCC(=O)NCCCCCCNC(=O)C3CC4C=CC3C4)c3ccccc3C2(C)C)C(C)(C)c2ccccc21.[Cl-]. The van der Waals surface area contributed by atoms with Crippen molar-refractivity contribution in [2.75, 3.05) is 31.6 Å². The van der Waals surface area contributed by atoms with Gasteiger partial charge in [0.2, 0.25) is 17.5 Å². The fraction of sp³-hybridized carbons (Fsp3) is 0.523. The van der Waals surface area contributed by atoms with Crippen LogP contribution in [0.3, 0.4) is 0 Å². The molecule has 3 atom stereocenters. The lowest BCUT2D eigenvalue weighted by molar-refractivity contribution is -0.401. The Morgan fingerprint density at radius 1 is 0.824 bits per heavy atom. The number of allylic oxidation sites excluding steroid dienone is 6. The van der Waals surface area contributed by atoms with Crippen LogP contribution in [-0.2, 0) is 20.4 Å². The third kappa shape index (κ3) is 8.38. The number of amides is 2. The number of carbonyl (C=O) groups is 2. The van der Waals surface area contributed by atoms with Crippen molar-refractivity contribution in [3.05, 3.63) is 95.7 Å². The van der Waals surface area contributed by atoms with E-state index in [1.807, 2.05) is 0 Å². The van der Waals surface area contributed by atoms with Gasteiger partial charge < -0.3 is 27.9 Å². The minimum atomic E-state index is -0.0908. The molecule has 51 heavy (non-hydrogen) atoms. The molecule has 0 saturated heterocycles.